The lowest BCUT2D eigenvalue weighted by atomic mass is 9.88. The van der Waals surface area contributed by atoms with Gasteiger partial charge < -0.3 is 4.74 Å². The Balaban J connectivity index is 2.79. The molecule has 0 saturated carbocycles. The number of hydrazine groups is 1. The van der Waals surface area contributed by atoms with Crippen molar-refractivity contribution in [3.8, 4) is 0 Å². The quantitative estimate of drug-likeness (QED) is 0.600. The van der Waals surface area contributed by atoms with Crippen LogP contribution in [0.15, 0.2) is 28.7 Å². The molecule has 0 spiro atoms. The van der Waals surface area contributed by atoms with Gasteiger partial charge in [0.2, 0.25) is 0 Å². The van der Waals surface area contributed by atoms with Crippen LogP contribution >= 0.6 is 15.9 Å². The first-order chi connectivity index (χ1) is 8.55. The second-order valence-corrected chi connectivity index (χ2v) is 5.56. The second kappa shape index (κ2) is 7.24. The van der Waals surface area contributed by atoms with Crippen LogP contribution in [0.5, 0.6) is 0 Å². The number of benzene rings is 1. The average Bonchev–Trinajstić information content (AvgIpc) is 2.38. The van der Waals surface area contributed by atoms with Gasteiger partial charge in [-0.05, 0) is 44.4 Å². The predicted octanol–water partition coefficient (Wildman–Crippen LogP) is 3.03. The predicted molar refractivity (Wildman–Crippen MR) is 79.3 cm³/mol. The molecule has 0 aromatic heterocycles. The van der Waals surface area contributed by atoms with Gasteiger partial charge in [0, 0.05) is 11.1 Å². The lowest BCUT2D eigenvalue weighted by Crippen LogP contribution is -2.54. The van der Waals surface area contributed by atoms with Crippen LogP contribution in [0.2, 0.25) is 0 Å². The van der Waals surface area contributed by atoms with E-state index >= 15 is 0 Å². The van der Waals surface area contributed by atoms with E-state index in [2.05, 4.69) is 47.3 Å². The molecule has 0 radical (unpaired) electrons. The van der Waals surface area contributed by atoms with Crippen LogP contribution < -0.4 is 11.3 Å². The Morgan fingerprint density at radius 1 is 1.33 bits per heavy atom. The molecule has 3 nitrogen and oxygen atoms in total. The van der Waals surface area contributed by atoms with Crippen LogP contribution in [0, 0.1) is 0 Å². The molecule has 2 unspecified atom stereocenters. The molecule has 0 saturated heterocycles. The van der Waals surface area contributed by atoms with Crippen molar-refractivity contribution < 1.29 is 4.74 Å². The highest BCUT2D eigenvalue weighted by Gasteiger charge is 2.32. The summed E-state index contributed by atoms with van der Waals surface area (Å²) in [4.78, 5) is 0. The molecule has 0 aliphatic rings. The van der Waals surface area contributed by atoms with E-state index in [1.54, 1.807) is 0 Å². The number of nitrogens with two attached hydrogens (primary N) is 1. The molecule has 1 aromatic rings. The Labute approximate surface area is 118 Å². The largest absolute Gasteiger partial charge is 0.374 e. The van der Waals surface area contributed by atoms with Crippen molar-refractivity contribution in [1.82, 2.24) is 5.43 Å². The lowest BCUT2D eigenvalue weighted by Gasteiger charge is -2.36. The summed E-state index contributed by atoms with van der Waals surface area (Å²) < 4.78 is 6.97. The third-order valence-electron chi connectivity index (χ3n) is 3.47. The maximum Gasteiger partial charge on any atom is 0.0820 e. The summed E-state index contributed by atoms with van der Waals surface area (Å²) in [7, 11) is 0. The average molecular weight is 315 g/mol. The van der Waals surface area contributed by atoms with Crippen molar-refractivity contribution >= 4 is 15.9 Å². The van der Waals surface area contributed by atoms with E-state index in [9.17, 15) is 0 Å². The summed E-state index contributed by atoms with van der Waals surface area (Å²) >= 11 is 3.44. The van der Waals surface area contributed by atoms with Gasteiger partial charge in [-0.25, -0.2) is 0 Å². The summed E-state index contributed by atoms with van der Waals surface area (Å²) in [6, 6.07) is 8.41. The van der Waals surface area contributed by atoms with Crippen molar-refractivity contribution in [2.24, 2.45) is 5.84 Å². The molecule has 3 N–H and O–H groups in total. The maximum absolute atomic E-state index is 5.88. The minimum atomic E-state index is -0.240. The second-order valence-electron chi connectivity index (χ2n) is 4.65. The molecule has 0 aliphatic heterocycles. The first-order valence-electron chi connectivity index (χ1n) is 6.40. The van der Waals surface area contributed by atoms with E-state index in [0.29, 0.717) is 6.61 Å². The molecule has 1 rings (SSSR count). The first kappa shape index (κ1) is 15.6. The number of rotatable bonds is 7. The van der Waals surface area contributed by atoms with Crippen molar-refractivity contribution in [3.63, 3.8) is 0 Å². The monoisotopic (exact) mass is 314 g/mol. The van der Waals surface area contributed by atoms with E-state index in [-0.39, 0.29) is 11.6 Å². The summed E-state index contributed by atoms with van der Waals surface area (Å²) in [6.45, 7) is 6.95. The van der Waals surface area contributed by atoms with E-state index in [1.807, 2.05) is 19.1 Å². The van der Waals surface area contributed by atoms with Gasteiger partial charge in [-0.15, -0.1) is 0 Å². The minimum absolute atomic E-state index is 0.101. The van der Waals surface area contributed by atoms with Gasteiger partial charge in [0.15, 0.2) is 0 Å². The van der Waals surface area contributed by atoms with Crippen LogP contribution in [-0.4, -0.2) is 18.2 Å². The first-order valence-corrected chi connectivity index (χ1v) is 7.19. The van der Waals surface area contributed by atoms with Crippen molar-refractivity contribution in [3.05, 3.63) is 34.3 Å². The molecule has 0 heterocycles. The molecule has 4 heteroatoms. The minimum Gasteiger partial charge on any atom is -0.374 e. The van der Waals surface area contributed by atoms with Crippen molar-refractivity contribution in [2.45, 2.75) is 45.3 Å². The fraction of sp³-hybridized carbons (Fsp3) is 0.571. The van der Waals surface area contributed by atoms with Crippen molar-refractivity contribution in [2.75, 3.05) is 6.61 Å². The highest BCUT2D eigenvalue weighted by atomic mass is 79.9. The number of nitrogens with one attached hydrogen (secondary N) is 1. The normalized spacial score (nSPS) is 16.3. The highest BCUT2D eigenvalue weighted by Crippen LogP contribution is 2.23. The maximum atomic E-state index is 5.88. The molecule has 0 amide bonds. The van der Waals surface area contributed by atoms with Crippen LogP contribution in [0.25, 0.3) is 0 Å². The number of hydrogen-bond donors (Lipinski definition) is 2. The Morgan fingerprint density at radius 3 is 2.39 bits per heavy atom. The Morgan fingerprint density at radius 2 is 1.94 bits per heavy atom. The van der Waals surface area contributed by atoms with Crippen molar-refractivity contribution in [1.29, 1.82) is 0 Å². The molecular weight excluding hydrogens is 292 g/mol. The molecule has 102 valence electrons. The topological polar surface area (TPSA) is 47.3 Å². The Kier molecular flexibility index (Phi) is 6.29. The number of halogens is 1. The SMILES string of the molecule is CCOC(C)(CC)C(Cc1ccc(Br)cc1)NN. The Bertz CT molecular complexity index is 355. The van der Waals surface area contributed by atoms with E-state index < -0.39 is 0 Å². The van der Waals surface area contributed by atoms with Gasteiger partial charge in [0.25, 0.3) is 0 Å². The molecule has 2 atom stereocenters. The fourth-order valence-electron chi connectivity index (χ4n) is 2.09. The van der Waals surface area contributed by atoms with Gasteiger partial charge in [0.05, 0.1) is 11.6 Å². The summed E-state index contributed by atoms with van der Waals surface area (Å²) in [6.07, 6.45) is 1.78. The smallest absolute Gasteiger partial charge is 0.0820 e. The molecule has 0 bridgehead atoms. The molecule has 1 aromatic carbocycles. The molecule has 18 heavy (non-hydrogen) atoms. The molecular formula is C14H23BrN2O. The fourth-order valence-corrected chi connectivity index (χ4v) is 2.35. The Hall–Kier alpha value is -0.420. The van der Waals surface area contributed by atoms with Crippen LogP contribution in [0.1, 0.15) is 32.8 Å². The van der Waals surface area contributed by atoms with Gasteiger partial charge in [-0.3, -0.25) is 11.3 Å². The van der Waals surface area contributed by atoms with E-state index in [4.69, 9.17) is 10.6 Å². The van der Waals surface area contributed by atoms with E-state index in [0.717, 1.165) is 17.3 Å². The van der Waals surface area contributed by atoms with Gasteiger partial charge in [-0.2, -0.15) is 0 Å². The van der Waals surface area contributed by atoms with Gasteiger partial charge in [-0.1, -0.05) is 35.0 Å². The summed E-state index contributed by atoms with van der Waals surface area (Å²) in [5.41, 5.74) is 3.92. The lowest BCUT2D eigenvalue weighted by molar-refractivity contribution is -0.0550. The van der Waals surface area contributed by atoms with Crippen LogP contribution in [-0.2, 0) is 11.2 Å². The van der Waals surface area contributed by atoms with E-state index in [1.165, 1.54) is 5.56 Å². The standard InChI is InChI=1S/C14H23BrN2O/c1-4-14(3,18-5-2)13(17-16)10-11-6-8-12(15)9-7-11/h6-9,13,17H,4-5,10,16H2,1-3H3. The highest BCUT2D eigenvalue weighted by molar-refractivity contribution is 9.10. The number of hydrogen-bond acceptors (Lipinski definition) is 3. The van der Waals surface area contributed by atoms with Crippen LogP contribution in [0.3, 0.4) is 0 Å². The third-order valence-corrected chi connectivity index (χ3v) is 4.00. The summed E-state index contributed by atoms with van der Waals surface area (Å²) in [5.74, 6) is 5.70. The molecule has 0 aliphatic carbocycles. The number of ether oxygens (including phenoxy) is 1. The zero-order valence-electron chi connectivity index (χ0n) is 11.4. The van der Waals surface area contributed by atoms with Gasteiger partial charge >= 0.3 is 0 Å². The summed E-state index contributed by atoms with van der Waals surface area (Å²) in [5, 5.41) is 0. The zero-order chi connectivity index (χ0) is 13.6. The van der Waals surface area contributed by atoms with Crippen LogP contribution in [0.4, 0.5) is 0 Å². The third kappa shape index (κ3) is 4.05. The van der Waals surface area contributed by atoms with Gasteiger partial charge in [0.1, 0.15) is 0 Å². The zero-order valence-corrected chi connectivity index (χ0v) is 13.0. The molecule has 0 fully saturated rings.